The van der Waals surface area contributed by atoms with Crippen LogP contribution in [0.4, 0.5) is 0 Å². The van der Waals surface area contributed by atoms with Crippen molar-refractivity contribution in [2.24, 2.45) is 0 Å². The van der Waals surface area contributed by atoms with E-state index in [9.17, 15) is 4.79 Å². The molecule has 0 radical (unpaired) electrons. The molecule has 1 amide bonds. The summed E-state index contributed by atoms with van der Waals surface area (Å²) in [5, 5.41) is 11.0. The van der Waals surface area contributed by atoms with Crippen LogP contribution in [0, 0.1) is 11.3 Å². The molecule has 0 aromatic heterocycles. The predicted molar refractivity (Wildman–Crippen MR) is 62.8 cm³/mol. The summed E-state index contributed by atoms with van der Waals surface area (Å²) >= 11 is 3.36. The van der Waals surface area contributed by atoms with Crippen molar-refractivity contribution in [1.29, 1.82) is 5.26 Å². The van der Waals surface area contributed by atoms with E-state index in [0.717, 1.165) is 15.8 Å². The lowest BCUT2D eigenvalue weighted by Crippen LogP contribution is -2.21. The Labute approximate surface area is 102 Å². The Balaban J connectivity index is 2.59. The highest BCUT2D eigenvalue weighted by Gasteiger charge is 2.03. The van der Waals surface area contributed by atoms with E-state index >= 15 is 0 Å². The number of nitrogens with zero attached hydrogens (tertiary/aromatic N) is 1. The number of hydrogen-bond acceptors (Lipinski definition) is 3. The number of ether oxygens (including phenoxy) is 1. The number of amides is 1. The van der Waals surface area contributed by atoms with Crippen molar-refractivity contribution < 1.29 is 9.53 Å². The molecule has 0 unspecified atom stereocenters. The molecule has 0 aliphatic rings. The first-order chi connectivity index (χ1) is 7.67. The van der Waals surface area contributed by atoms with Crippen LogP contribution in [-0.2, 0) is 11.3 Å². The van der Waals surface area contributed by atoms with Crippen molar-refractivity contribution in [1.82, 2.24) is 5.32 Å². The maximum atomic E-state index is 11.1. The van der Waals surface area contributed by atoms with Crippen molar-refractivity contribution in [2.45, 2.75) is 13.0 Å². The fourth-order valence-electron chi connectivity index (χ4n) is 1.15. The van der Waals surface area contributed by atoms with Gasteiger partial charge in [-0.3, -0.25) is 4.79 Å². The van der Waals surface area contributed by atoms with Crippen molar-refractivity contribution in [2.75, 3.05) is 7.11 Å². The van der Waals surface area contributed by atoms with Gasteiger partial charge in [-0.2, -0.15) is 5.26 Å². The molecule has 16 heavy (non-hydrogen) atoms. The molecule has 0 spiro atoms. The zero-order chi connectivity index (χ0) is 12.0. The number of nitriles is 1. The molecule has 0 saturated heterocycles. The van der Waals surface area contributed by atoms with Gasteiger partial charge in [-0.15, -0.1) is 0 Å². The quantitative estimate of drug-likeness (QED) is 0.919. The van der Waals surface area contributed by atoms with Gasteiger partial charge in [-0.25, -0.2) is 0 Å². The van der Waals surface area contributed by atoms with E-state index in [2.05, 4.69) is 21.2 Å². The zero-order valence-electron chi connectivity index (χ0n) is 8.79. The molecular weight excluding hydrogens is 272 g/mol. The predicted octanol–water partition coefficient (Wildman–Crippen LogP) is 1.99. The van der Waals surface area contributed by atoms with Crippen LogP contribution in [0.2, 0.25) is 0 Å². The van der Waals surface area contributed by atoms with E-state index in [1.807, 2.05) is 18.2 Å². The molecule has 0 saturated carbocycles. The number of rotatable bonds is 4. The summed E-state index contributed by atoms with van der Waals surface area (Å²) in [6.45, 7) is 0.406. The lowest BCUT2D eigenvalue weighted by Gasteiger charge is -2.06. The maximum Gasteiger partial charge on any atom is 0.234 e. The summed E-state index contributed by atoms with van der Waals surface area (Å²) in [5.74, 6) is 0.474. The third kappa shape index (κ3) is 3.55. The minimum Gasteiger partial charge on any atom is -0.496 e. The van der Waals surface area contributed by atoms with E-state index in [0.29, 0.717) is 6.54 Å². The van der Waals surface area contributed by atoms with Crippen molar-refractivity contribution in [3.63, 3.8) is 0 Å². The Hall–Kier alpha value is -1.54. The Kier molecular flexibility index (Phi) is 4.80. The minimum atomic E-state index is -0.269. The number of hydrogen-bond donors (Lipinski definition) is 1. The monoisotopic (exact) mass is 282 g/mol. The van der Waals surface area contributed by atoms with E-state index in [-0.39, 0.29) is 12.3 Å². The van der Waals surface area contributed by atoms with Crippen LogP contribution in [0.5, 0.6) is 5.75 Å². The highest BCUT2D eigenvalue weighted by atomic mass is 79.9. The van der Waals surface area contributed by atoms with Crippen LogP contribution in [0.1, 0.15) is 12.0 Å². The van der Waals surface area contributed by atoms with Crippen LogP contribution in [0.15, 0.2) is 22.7 Å². The molecule has 4 nitrogen and oxygen atoms in total. The summed E-state index contributed by atoms with van der Waals surface area (Å²) in [6.07, 6.45) is -0.114. The third-order valence-electron chi connectivity index (χ3n) is 1.95. The number of benzene rings is 1. The normalized spacial score (nSPS) is 9.31. The molecule has 0 heterocycles. The standard InChI is InChI=1S/C11H11BrN2O2/c1-16-10-3-2-8(6-9(10)12)7-14-11(15)4-5-13/h2-3,6H,4,7H2,1H3,(H,14,15). The molecule has 84 valence electrons. The van der Waals surface area contributed by atoms with Crippen LogP contribution in [-0.4, -0.2) is 13.0 Å². The van der Waals surface area contributed by atoms with Gasteiger partial charge in [0, 0.05) is 6.54 Å². The van der Waals surface area contributed by atoms with Gasteiger partial charge in [0.25, 0.3) is 0 Å². The SMILES string of the molecule is COc1ccc(CNC(=O)CC#N)cc1Br. The molecule has 5 heteroatoms. The Morgan fingerprint density at radius 3 is 2.94 bits per heavy atom. The first-order valence-electron chi connectivity index (χ1n) is 4.63. The molecule has 0 aliphatic carbocycles. The third-order valence-corrected chi connectivity index (χ3v) is 2.57. The van der Waals surface area contributed by atoms with E-state index < -0.39 is 0 Å². The van der Waals surface area contributed by atoms with Gasteiger partial charge in [-0.1, -0.05) is 6.07 Å². The van der Waals surface area contributed by atoms with Gasteiger partial charge in [0.2, 0.25) is 5.91 Å². The second-order valence-corrected chi connectivity index (χ2v) is 3.93. The first kappa shape index (κ1) is 12.5. The molecular formula is C11H11BrN2O2. The fraction of sp³-hybridized carbons (Fsp3) is 0.273. The second-order valence-electron chi connectivity index (χ2n) is 3.08. The average Bonchev–Trinajstić information content (AvgIpc) is 2.27. The first-order valence-corrected chi connectivity index (χ1v) is 5.42. The highest BCUT2D eigenvalue weighted by Crippen LogP contribution is 2.25. The maximum absolute atomic E-state index is 11.1. The lowest BCUT2D eigenvalue weighted by atomic mass is 10.2. The highest BCUT2D eigenvalue weighted by molar-refractivity contribution is 9.10. The van der Waals surface area contributed by atoms with Crippen LogP contribution in [0.25, 0.3) is 0 Å². The summed E-state index contributed by atoms with van der Waals surface area (Å²) in [4.78, 5) is 11.1. The van der Waals surface area contributed by atoms with Gasteiger partial charge in [0.15, 0.2) is 0 Å². The Bertz CT molecular complexity index is 426. The number of nitrogens with one attached hydrogen (secondary N) is 1. The number of methoxy groups -OCH3 is 1. The Morgan fingerprint density at radius 1 is 1.62 bits per heavy atom. The topological polar surface area (TPSA) is 62.1 Å². The zero-order valence-corrected chi connectivity index (χ0v) is 10.4. The molecule has 0 fully saturated rings. The molecule has 1 N–H and O–H groups in total. The summed E-state index contributed by atoms with van der Waals surface area (Å²) in [6, 6.07) is 7.33. The molecule has 1 aromatic rings. The molecule has 0 atom stereocenters. The largest absolute Gasteiger partial charge is 0.496 e. The second kappa shape index (κ2) is 6.13. The number of carbonyl (C=O) groups is 1. The van der Waals surface area contributed by atoms with Crippen LogP contribution in [0.3, 0.4) is 0 Å². The van der Waals surface area contributed by atoms with E-state index in [1.165, 1.54) is 0 Å². The molecule has 0 bridgehead atoms. The van der Waals surface area contributed by atoms with E-state index in [1.54, 1.807) is 13.2 Å². The van der Waals surface area contributed by atoms with Crippen molar-refractivity contribution in [3.8, 4) is 11.8 Å². The Morgan fingerprint density at radius 2 is 2.38 bits per heavy atom. The average molecular weight is 283 g/mol. The van der Waals surface area contributed by atoms with E-state index in [4.69, 9.17) is 10.00 Å². The lowest BCUT2D eigenvalue weighted by molar-refractivity contribution is -0.120. The summed E-state index contributed by atoms with van der Waals surface area (Å²) in [7, 11) is 1.59. The van der Waals surface area contributed by atoms with Gasteiger partial charge in [0.05, 0.1) is 17.7 Å². The van der Waals surface area contributed by atoms with Gasteiger partial charge in [0.1, 0.15) is 12.2 Å². The molecule has 1 rings (SSSR count). The minimum absolute atomic E-state index is 0.114. The van der Waals surface area contributed by atoms with Crippen molar-refractivity contribution in [3.05, 3.63) is 28.2 Å². The van der Waals surface area contributed by atoms with Gasteiger partial charge < -0.3 is 10.1 Å². The molecule has 0 aliphatic heterocycles. The van der Waals surface area contributed by atoms with Crippen molar-refractivity contribution >= 4 is 21.8 Å². The smallest absolute Gasteiger partial charge is 0.234 e. The van der Waals surface area contributed by atoms with Gasteiger partial charge >= 0.3 is 0 Å². The summed E-state index contributed by atoms with van der Waals surface area (Å²) in [5.41, 5.74) is 0.943. The van der Waals surface area contributed by atoms with Gasteiger partial charge in [-0.05, 0) is 33.6 Å². The number of halogens is 1. The fourth-order valence-corrected chi connectivity index (χ4v) is 1.74. The summed E-state index contributed by atoms with van der Waals surface area (Å²) < 4.78 is 5.92. The van der Waals surface area contributed by atoms with Crippen LogP contribution >= 0.6 is 15.9 Å². The molecule has 1 aromatic carbocycles. The van der Waals surface area contributed by atoms with Crippen LogP contribution < -0.4 is 10.1 Å². The number of carbonyl (C=O) groups excluding carboxylic acids is 1.